The lowest BCUT2D eigenvalue weighted by molar-refractivity contribution is -0.122. The largest absolute Gasteiger partial charge is 0.350 e. The fourth-order valence-electron chi connectivity index (χ4n) is 3.50. The molecule has 1 amide bonds. The predicted molar refractivity (Wildman–Crippen MR) is 105 cm³/mol. The molecule has 1 unspecified atom stereocenters. The Kier molecular flexibility index (Phi) is 5.46. The number of benzene rings is 1. The Morgan fingerprint density at radius 2 is 2.00 bits per heavy atom. The highest BCUT2D eigenvalue weighted by atomic mass is 32.1. The highest BCUT2D eigenvalue weighted by molar-refractivity contribution is 7.20. The van der Waals surface area contributed by atoms with Crippen LogP contribution in [-0.2, 0) is 17.8 Å². The van der Waals surface area contributed by atoms with Crippen LogP contribution in [0.2, 0.25) is 0 Å². The third-order valence-electron chi connectivity index (χ3n) is 4.94. The molecule has 0 saturated carbocycles. The van der Waals surface area contributed by atoms with Crippen LogP contribution in [0.25, 0.3) is 4.96 Å². The van der Waals surface area contributed by atoms with E-state index in [4.69, 9.17) is 0 Å². The number of amides is 1. The van der Waals surface area contributed by atoms with Crippen LogP contribution in [0.15, 0.2) is 23.0 Å². The van der Waals surface area contributed by atoms with Gasteiger partial charge in [-0.15, -0.1) is 5.10 Å². The molecule has 1 saturated heterocycles. The highest BCUT2D eigenvalue weighted by Gasteiger charge is 2.33. The van der Waals surface area contributed by atoms with E-state index in [0.717, 1.165) is 40.5 Å². The Labute approximate surface area is 173 Å². The first-order valence-corrected chi connectivity index (χ1v) is 10.3. The Morgan fingerprint density at radius 3 is 2.70 bits per heavy atom. The van der Waals surface area contributed by atoms with Crippen LogP contribution in [0.4, 0.5) is 18.3 Å². The first-order chi connectivity index (χ1) is 14.4. The molecule has 30 heavy (non-hydrogen) atoms. The van der Waals surface area contributed by atoms with E-state index in [1.165, 1.54) is 0 Å². The zero-order valence-electron chi connectivity index (χ0n) is 16.0. The SMILES string of the molecule is CCc1nc2sc(N3CCCC3C(=O)NCc3cc(F)cc(F)c3)nn2c(=O)c1F. The van der Waals surface area contributed by atoms with Gasteiger partial charge in [0.1, 0.15) is 17.7 Å². The van der Waals surface area contributed by atoms with Crippen LogP contribution in [0, 0.1) is 17.5 Å². The topological polar surface area (TPSA) is 79.6 Å². The number of carbonyl (C=O) groups excluding carboxylic acids is 1. The maximum Gasteiger partial charge on any atom is 0.311 e. The molecule has 1 aliphatic heterocycles. The summed E-state index contributed by atoms with van der Waals surface area (Å²) in [5, 5.41) is 7.25. The maximum atomic E-state index is 14.1. The molecule has 4 rings (SSSR count). The zero-order chi connectivity index (χ0) is 21.4. The molecule has 0 aliphatic carbocycles. The molecular weight excluding hydrogens is 419 g/mol. The van der Waals surface area contributed by atoms with Gasteiger partial charge in [-0.1, -0.05) is 18.3 Å². The number of fused-ring (bicyclic) bond motifs is 1. The number of aromatic nitrogens is 3. The number of nitrogens with one attached hydrogen (secondary N) is 1. The predicted octanol–water partition coefficient (Wildman–Crippen LogP) is 2.42. The lowest BCUT2D eigenvalue weighted by Crippen LogP contribution is -2.43. The van der Waals surface area contributed by atoms with Crippen LogP contribution in [0.3, 0.4) is 0 Å². The van der Waals surface area contributed by atoms with Gasteiger partial charge < -0.3 is 10.2 Å². The van der Waals surface area contributed by atoms with Crippen molar-refractivity contribution in [3.63, 3.8) is 0 Å². The maximum absolute atomic E-state index is 14.1. The summed E-state index contributed by atoms with van der Waals surface area (Å²) in [6.45, 7) is 2.21. The number of carbonyl (C=O) groups is 1. The van der Waals surface area contributed by atoms with Crippen molar-refractivity contribution in [1.82, 2.24) is 19.9 Å². The van der Waals surface area contributed by atoms with Crippen molar-refractivity contribution >= 4 is 27.3 Å². The summed E-state index contributed by atoms with van der Waals surface area (Å²) in [6, 6.07) is 2.51. The summed E-state index contributed by atoms with van der Waals surface area (Å²) < 4.78 is 41.6. The highest BCUT2D eigenvalue weighted by Crippen LogP contribution is 2.29. The minimum absolute atomic E-state index is 0.0240. The number of hydrogen-bond donors (Lipinski definition) is 1. The quantitative estimate of drug-likeness (QED) is 0.663. The Morgan fingerprint density at radius 1 is 1.27 bits per heavy atom. The normalized spacial score (nSPS) is 16.4. The third kappa shape index (κ3) is 3.76. The molecule has 0 spiro atoms. The van der Waals surface area contributed by atoms with Crippen LogP contribution < -0.4 is 15.8 Å². The first-order valence-electron chi connectivity index (χ1n) is 9.45. The van der Waals surface area contributed by atoms with Gasteiger partial charge in [-0.05, 0) is 37.0 Å². The average Bonchev–Trinajstić information content (AvgIpc) is 3.35. The minimum atomic E-state index is -0.926. The lowest BCUT2D eigenvalue weighted by Gasteiger charge is -2.22. The monoisotopic (exact) mass is 437 g/mol. The second-order valence-corrected chi connectivity index (χ2v) is 7.89. The molecular formula is C19H18F3N5O2S. The molecule has 3 heterocycles. The van der Waals surface area contributed by atoms with Gasteiger partial charge in [-0.3, -0.25) is 9.59 Å². The van der Waals surface area contributed by atoms with Crippen LogP contribution >= 0.6 is 11.3 Å². The minimum Gasteiger partial charge on any atom is -0.350 e. The summed E-state index contributed by atoms with van der Waals surface area (Å²) in [5.74, 6) is -2.68. The molecule has 1 atom stereocenters. The summed E-state index contributed by atoms with van der Waals surface area (Å²) in [7, 11) is 0. The zero-order valence-corrected chi connectivity index (χ0v) is 16.8. The van der Waals surface area contributed by atoms with Crippen LogP contribution in [-0.4, -0.2) is 33.1 Å². The number of rotatable bonds is 5. The lowest BCUT2D eigenvalue weighted by atomic mass is 10.2. The van der Waals surface area contributed by atoms with Gasteiger partial charge in [-0.25, -0.2) is 13.8 Å². The summed E-state index contributed by atoms with van der Waals surface area (Å²) >= 11 is 1.11. The second kappa shape index (κ2) is 8.05. The number of aryl methyl sites for hydroxylation is 1. The van der Waals surface area contributed by atoms with Crippen molar-refractivity contribution in [2.75, 3.05) is 11.4 Å². The van der Waals surface area contributed by atoms with Crippen molar-refractivity contribution < 1.29 is 18.0 Å². The molecule has 11 heteroatoms. The number of anilines is 1. The second-order valence-electron chi connectivity index (χ2n) is 6.96. The van der Waals surface area contributed by atoms with E-state index in [1.54, 1.807) is 11.8 Å². The first kappa shape index (κ1) is 20.3. The molecule has 0 radical (unpaired) electrons. The van der Waals surface area contributed by atoms with Gasteiger partial charge in [0.05, 0.1) is 5.69 Å². The molecule has 3 aromatic rings. The van der Waals surface area contributed by atoms with Gasteiger partial charge in [0.15, 0.2) is 0 Å². The summed E-state index contributed by atoms with van der Waals surface area (Å²) in [5.41, 5.74) is -0.482. The van der Waals surface area contributed by atoms with E-state index in [-0.39, 0.29) is 29.5 Å². The van der Waals surface area contributed by atoms with Crippen molar-refractivity contribution in [3.05, 3.63) is 57.3 Å². The van der Waals surface area contributed by atoms with Gasteiger partial charge in [0.2, 0.25) is 21.8 Å². The van der Waals surface area contributed by atoms with Gasteiger partial charge >= 0.3 is 5.56 Å². The Balaban J connectivity index is 1.55. The molecule has 1 fully saturated rings. The van der Waals surface area contributed by atoms with E-state index < -0.39 is 29.1 Å². The Bertz CT molecular complexity index is 1160. The fourth-order valence-corrected chi connectivity index (χ4v) is 4.48. The van der Waals surface area contributed by atoms with E-state index >= 15 is 0 Å². The number of hydrogen-bond acceptors (Lipinski definition) is 6. The number of nitrogens with zero attached hydrogens (tertiary/aromatic N) is 4. The van der Waals surface area contributed by atoms with Crippen molar-refractivity contribution in [3.8, 4) is 0 Å². The summed E-state index contributed by atoms with van der Waals surface area (Å²) in [6.07, 6.45) is 1.55. The molecule has 158 valence electrons. The smallest absolute Gasteiger partial charge is 0.311 e. The number of halogens is 3. The third-order valence-corrected chi connectivity index (χ3v) is 5.88. The molecule has 2 aromatic heterocycles. The molecule has 1 aliphatic rings. The van der Waals surface area contributed by atoms with E-state index in [1.807, 2.05) is 0 Å². The van der Waals surface area contributed by atoms with Gasteiger partial charge in [-0.2, -0.15) is 8.91 Å². The van der Waals surface area contributed by atoms with Crippen molar-refractivity contribution in [2.45, 2.75) is 38.8 Å². The van der Waals surface area contributed by atoms with Gasteiger partial charge in [0, 0.05) is 19.2 Å². The van der Waals surface area contributed by atoms with E-state index in [9.17, 15) is 22.8 Å². The van der Waals surface area contributed by atoms with Crippen molar-refractivity contribution in [2.24, 2.45) is 0 Å². The molecule has 0 bridgehead atoms. The van der Waals surface area contributed by atoms with Crippen LogP contribution in [0.5, 0.6) is 0 Å². The van der Waals surface area contributed by atoms with Crippen LogP contribution in [0.1, 0.15) is 31.0 Å². The van der Waals surface area contributed by atoms with E-state index in [2.05, 4.69) is 15.4 Å². The summed E-state index contributed by atoms with van der Waals surface area (Å²) in [4.78, 5) is 31.1. The van der Waals surface area contributed by atoms with Crippen molar-refractivity contribution in [1.29, 1.82) is 0 Å². The molecule has 1 aromatic carbocycles. The molecule has 7 nitrogen and oxygen atoms in total. The standard InChI is InChI=1S/C19H18F3N5O2S/c1-2-13-15(22)17(29)27-18(24-13)30-19(25-27)26-5-3-4-14(26)16(28)23-9-10-6-11(20)8-12(21)7-10/h6-8,14H,2-5,9H2,1H3,(H,23,28). The van der Waals surface area contributed by atoms with Gasteiger partial charge in [0.25, 0.3) is 0 Å². The molecule has 1 N–H and O–H groups in total. The fraction of sp³-hybridized carbons (Fsp3) is 0.368. The average molecular weight is 437 g/mol. The Hall–Kier alpha value is -2.95. The van der Waals surface area contributed by atoms with E-state index in [0.29, 0.717) is 23.7 Å².